The van der Waals surface area contributed by atoms with Crippen LogP contribution in [0.4, 0.5) is 0 Å². The zero-order valence-electron chi connectivity index (χ0n) is 12.8. The first-order valence-corrected chi connectivity index (χ1v) is 7.39. The van der Waals surface area contributed by atoms with Crippen LogP contribution in [0.15, 0.2) is 65.7 Å². The fraction of sp³-hybridized carbons (Fsp3) is 0.111. The number of benzene rings is 2. The molecule has 0 atom stereocenters. The smallest absolute Gasteiger partial charge is 0.218 e. The molecule has 23 heavy (non-hydrogen) atoms. The summed E-state index contributed by atoms with van der Waals surface area (Å²) in [6.45, 7) is 2.37. The van der Waals surface area contributed by atoms with Gasteiger partial charge in [0.2, 0.25) is 5.82 Å². The number of nitrogens with one attached hydrogen (secondary N) is 1. The summed E-state index contributed by atoms with van der Waals surface area (Å²) in [6.07, 6.45) is 1.57. The topological polar surface area (TPSA) is 66.9 Å². The Hall–Kier alpha value is -3.08. The monoisotopic (exact) mass is 303 g/mol. The Labute approximate surface area is 134 Å². The third-order valence-corrected chi connectivity index (χ3v) is 3.35. The first-order valence-electron chi connectivity index (χ1n) is 7.39. The molecular weight excluding hydrogens is 286 g/mol. The summed E-state index contributed by atoms with van der Waals surface area (Å²) in [6, 6.07) is 19.9. The first kappa shape index (κ1) is 14.8. The van der Waals surface area contributed by atoms with Gasteiger partial charge < -0.3 is 0 Å². The van der Waals surface area contributed by atoms with Crippen LogP contribution in [0.1, 0.15) is 18.3 Å². The Morgan fingerprint density at radius 1 is 1.09 bits per heavy atom. The van der Waals surface area contributed by atoms with E-state index >= 15 is 0 Å². The van der Waals surface area contributed by atoms with Crippen LogP contribution in [0.3, 0.4) is 0 Å². The zero-order valence-corrected chi connectivity index (χ0v) is 12.8. The van der Waals surface area contributed by atoms with E-state index in [2.05, 4.69) is 15.1 Å². The fourth-order valence-corrected chi connectivity index (χ4v) is 2.30. The van der Waals surface area contributed by atoms with Gasteiger partial charge in [-0.1, -0.05) is 60.7 Å². The number of rotatable bonds is 4. The highest BCUT2D eigenvalue weighted by Gasteiger charge is 2.14. The highest BCUT2D eigenvalue weighted by molar-refractivity contribution is 5.97. The summed E-state index contributed by atoms with van der Waals surface area (Å²) >= 11 is 0. The van der Waals surface area contributed by atoms with Crippen LogP contribution in [0, 0.1) is 5.41 Å². The van der Waals surface area contributed by atoms with Crippen molar-refractivity contribution in [2.45, 2.75) is 13.5 Å². The number of amidine groups is 1. The number of hydrogen-bond acceptors (Lipinski definition) is 3. The van der Waals surface area contributed by atoms with E-state index in [1.807, 2.05) is 65.3 Å². The van der Waals surface area contributed by atoms with E-state index in [0.717, 1.165) is 17.0 Å². The van der Waals surface area contributed by atoms with Gasteiger partial charge >= 0.3 is 0 Å². The summed E-state index contributed by atoms with van der Waals surface area (Å²) in [5.74, 6) is 1.13. The molecule has 1 heterocycles. The first-order chi connectivity index (χ1) is 11.3. The van der Waals surface area contributed by atoms with Gasteiger partial charge in [0, 0.05) is 11.8 Å². The van der Waals surface area contributed by atoms with E-state index in [-0.39, 0.29) is 5.84 Å². The minimum Gasteiger partial charge on any atom is -0.280 e. The Balaban J connectivity index is 2.03. The molecule has 0 saturated heterocycles. The van der Waals surface area contributed by atoms with Crippen molar-refractivity contribution in [1.29, 1.82) is 5.41 Å². The molecule has 1 N–H and O–H groups in total. The van der Waals surface area contributed by atoms with Gasteiger partial charge in [-0.3, -0.25) is 5.41 Å². The Morgan fingerprint density at radius 2 is 1.74 bits per heavy atom. The van der Waals surface area contributed by atoms with Crippen LogP contribution in [0.2, 0.25) is 0 Å². The van der Waals surface area contributed by atoms with E-state index in [4.69, 9.17) is 5.41 Å². The summed E-state index contributed by atoms with van der Waals surface area (Å²) in [5.41, 5.74) is 2.10. The molecule has 0 saturated carbocycles. The van der Waals surface area contributed by atoms with E-state index < -0.39 is 0 Å². The van der Waals surface area contributed by atoms with Crippen molar-refractivity contribution in [3.63, 3.8) is 0 Å². The molecule has 2 aromatic carbocycles. The van der Waals surface area contributed by atoms with Crippen LogP contribution >= 0.6 is 0 Å². The maximum absolute atomic E-state index is 7.95. The Morgan fingerprint density at radius 3 is 2.39 bits per heavy atom. The van der Waals surface area contributed by atoms with Crippen molar-refractivity contribution >= 4 is 12.1 Å². The molecule has 0 amide bonds. The molecular formula is C18H17N5. The minimum atomic E-state index is 0.0662. The minimum absolute atomic E-state index is 0.0662. The predicted molar refractivity (Wildman–Crippen MR) is 92.0 cm³/mol. The third kappa shape index (κ3) is 3.40. The Kier molecular flexibility index (Phi) is 4.38. The number of hydrogen-bond donors (Lipinski definition) is 1. The van der Waals surface area contributed by atoms with Gasteiger partial charge in [0.1, 0.15) is 0 Å². The van der Waals surface area contributed by atoms with Crippen LogP contribution in [-0.4, -0.2) is 26.8 Å². The normalized spacial score (nSPS) is 11.0. The maximum Gasteiger partial charge on any atom is 0.218 e. The lowest BCUT2D eigenvalue weighted by molar-refractivity contribution is 0.691. The molecule has 5 nitrogen and oxygen atoms in total. The molecule has 1 aromatic heterocycles. The zero-order chi connectivity index (χ0) is 16.1. The van der Waals surface area contributed by atoms with Crippen molar-refractivity contribution in [2.75, 3.05) is 0 Å². The molecule has 0 fully saturated rings. The Bertz CT molecular complexity index is 819. The summed E-state index contributed by atoms with van der Waals surface area (Å²) in [7, 11) is 0. The summed E-state index contributed by atoms with van der Waals surface area (Å²) in [5, 5.41) is 12.4. The van der Waals surface area contributed by atoms with Crippen molar-refractivity contribution in [2.24, 2.45) is 4.99 Å². The van der Waals surface area contributed by atoms with Gasteiger partial charge in [-0.2, -0.15) is 0 Å². The second-order valence-electron chi connectivity index (χ2n) is 5.00. The van der Waals surface area contributed by atoms with Gasteiger partial charge in [-0.15, -0.1) is 5.10 Å². The average Bonchev–Trinajstić information content (AvgIpc) is 3.01. The predicted octanol–water partition coefficient (Wildman–Crippen LogP) is 3.41. The largest absolute Gasteiger partial charge is 0.280 e. The van der Waals surface area contributed by atoms with Crippen LogP contribution in [-0.2, 0) is 6.54 Å². The van der Waals surface area contributed by atoms with Crippen molar-refractivity contribution in [1.82, 2.24) is 14.8 Å². The fourth-order valence-electron chi connectivity index (χ4n) is 2.30. The molecule has 0 unspecified atom stereocenters. The highest BCUT2D eigenvalue weighted by Crippen LogP contribution is 2.18. The molecule has 0 aliphatic heterocycles. The molecule has 0 radical (unpaired) electrons. The van der Waals surface area contributed by atoms with Gasteiger partial charge in [-0.25, -0.2) is 14.7 Å². The van der Waals surface area contributed by atoms with Crippen molar-refractivity contribution < 1.29 is 0 Å². The van der Waals surface area contributed by atoms with Crippen molar-refractivity contribution in [3.05, 3.63) is 72.1 Å². The SMILES string of the molecule is CC=NC(=N)c1nc(-c2ccccc2)n(Cc2ccccc2)n1. The van der Waals surface area contributed by atoms with Gasteiger partial charge in [-0.05, 0) is 12.5 Å². The van der Waals surface area contributed by atoms with E-state index in [1.165, 1.54) is 0 Å². The molecule has 0 spiro atoms. The number of aliphatic imine (C=N–C) groups is 1. The molecule has 5 heteroatoms. The lowest BCUT2D eigenvalue weighted by atomic mass is 10.2. The average molecular weight is 303 g/mol. The lowest BCUT2D eigenvalue weighted by Crippen LogP contribution is -2.05. The summed E-state index contributed by atoms with van der Waals surface area (Å²) < 4.78 is 1.82. The molecule has 3 aromatic rings. The standard InChI is InChI=1S/C18H17N5/c1-2-20-16(19)17-21-18(15-11-7-4-8-12-15)23(22-17)13-14-9-5-3-6-10-14/h2-12,19H,13H2,1H3. The van der Waals surface area contributed by atoms with Gasteiger partial charge in [0.25, 0.3) is 0 Å². The van der Waals surface area contributed by atoms with E-state index in [0.29, 0.717) is 12.4 Å². The maximum atomic E-state index is 7.95. The van der Waals surface area contributed by atoms with Crippen LogP contribution in [0.25, 0.3) is 11.4 Å². The lowest BCUT2D eigenvalue weighted by Gasteiger charge is -2.05. The number of aromatic nitrogens is 3. The van der Waals surface area contributed by atoms with E-state index in [1.54, 1.807) is 13.1 Å². The van der Waals surface area contributed by atoms with Crippen molar-refractivity contribution in [3.8, 4) is 11.4 Å². The van der Waals surface area contributed by atoms with Crippen LogP contribution in [0.5, 0.6) is 0 Å². The third-order valence-electron chi connectivity index (χ3n) is 3.35. The molecule has 0 bridgehead atoms. The van der Waals surface area contributed by atoms with Gasteiger partial charge in [0.15, 0.2) is 11.7 Å². The quantitative estimate of drug-likeness (QED) is 0.593. The molecule has 0 aliphatic carbocycles. The second kappa shape index (κ2) is 6.79. The van der Waals surface area contributed by atoms with Gasteiger partial charge in [0.05, 0.1) is 6.54 Å². The highest BCUT2D eigenvalue weighted by atomic mass is 15.4. The number of nitrogens with zero attached hydrogens (tertiary/aromatic N) is 4. The molecule has 114 valence electrons. The van der Waals surface area contributed by atoms with E-state index in [9.17, 15) is 0 Å². The molecule has 0 aliphatic rings. The second-order valence-corrected chi connectivity index (χ2v) is 5.00. The molecule has 3 rings (SSSR count). The van der Waals surface area contributed by atoms with Crippen LogP contribution < -0.4 is 0 Å². The summed E-state index contributed by atoms with van der Waals surface area (Å²) in [4.78, 5) is 8.48.